The second-order valence-corrected chi connectivity index (χ2v) is 5.35. The summed E-state index contributed by atoms with van der Waals surface area (Å²) in [7, 11) is 0. The van der Waals surface area contributed by atoms with Crippen molar-refractivity contribution in [2.75, 3.05) is 11.9 Å². The fourth-order valence-electron chi connectivity index (χ4n) is 1.42. The Bertz CT molecular complexity index is 352. The molecule has 1 heterocycles. The van der Waals surface area contributed by atoms with Crippen molar-refractivity contribution in [1.29, 1.82) is 0 Å². The summed E-state index contributed by atoms with van der Waals surface area (Å²) in [6, 6.07) is 0. The lowest BCUT2D eigenvalue weighted by molar-refractivity contribution is -0.141. The van der Waals surface area contributed by atoms with Crippen LogP contribution >= 0.6 is 11.3 Å². The summed E-state index contributed by atoms with van der Waals surface area (Å²) in [5.41, 5.74) is 0. The molecule has 90 valence electrons. The van der Waals surface area contributed by atoms with Gasteiger partial charge in [-0.05, 0) is 19.3 Å². The molecule has 0 spiro atoms. The first-order chi connectivity index (χ1) is 7.49. The third-order valence-electron chi connectivity index (χ3n) is 2.13. The number of carbonyl (C=O) groups is 1. The van der Waals surface area contributed by atoms with E-state index >= 15 is 0 Å². The molecule has 0 fully saturated rings. The number of anilines is 1. The molecule has 0 saturated carbocycles. The van der Waals surface area contributed by atoms with Crippen molar-refractivity contribution in [2.45, 2.75) is 27.2 Å². The van der Waals surface area contributed by atoms with Crippen molar-refractivity contribution in [2.24, 2.45) is 11.8 Å². The first kappa shape index (κ1) is 12.9. The van der Waals surface area contributed by atoms with E-state index in [1.165, 1.54) is 11.3 Å². The van der Waals surface area contributed by atoms with Gasteiger partial charge in [-0.15, -0.1) is 10.2 Å². The maximum absolute atomic E-state index is 11.0. The number of rotatable bonds is 6. The molecule has 1 rings (SSSR count). The van der Waals surface area contributed by atoms with Crippen molar-refractivity contribution in [1.82, 2.24) is 10.2 Å². The summed E-state index contributed by atoms with van der Waals surface area (Å²) in [5.74, 6) is -0.759. The third-order valence-corrected chi connectivity index (χ3v) is 2.93. The number of carboxylic acid groups (broad SMARTS) is 1. The zero-order valence-electron chi connectivity index (χ0n) is 9.73. The number of nitrogens with one attached hydrogen (secondary N) is 1. The van der Waals surface area contributed by atoms with E-state index in [1.807, 2.05) is 20.8 Å². The summed E-state index contributed by atoms with van der Waals surface area (Å²) in [6.07, 6.45) is 0.667. The van der Waals surface area contributed by atoms with Gasteiger partial charge in [-0.1, -0.05) is 25.2 Å². The predicted octanol–water partition coefficient (Wildman–Crippen LogP) is 2.01. The maximum atomic E-state index is 11.0. The van der Waals surface area contributed by atoms with Crippen LogP contribution < -0.4 is 5.32 Å². The Morgan fingerprint density at radius 3 is 2.62 bits per heavy atom. The Kier molecular flexibility index (Phi) is 4.67. The Balaban J connectivity index is 2.46. The van der Waals surface area contributed by atoms with Gasteiger partial charge in [0.1, 0.15) is 5.01 Å². The van der Waals surface area contributed by atoms with Crippen molar-refractivity contribution >= 4 is 22.4 Å². The SMILES string of the molecule is Cc1nnc(NCC(CC(C)C)C(=O)O)s1. The van der Waals surface area contributed by atoms with Gasteiger partial charge in [0, 0.05) is 6.54 Å². The summed E-state index contributed by atoms with van der Waals surface area (Å²) >= 11 is 1.43. The van der Waals surface area contributed by atoms with Crippen LogP contribution in [-0.4, -0.2) is 27.8 Å². The highest BCUT2D eigenvalue weighted by Gasteiger charge is 2.19. The van der Waals surface area contributed by atoms with Crippen molar-refractivity contribution in [3.8, 4) is 0 Å². The number of hydrogen-bond acceptors (Lipinski definition) is 5. The molecule has 0 aromatic carbocycles. The van der Waals surface area contributed by atoms with Crippen LogP contribution in [0.4, 0.5) is 5.13 Å². The van der Waals surface area contributed by atoms with Gasteiger partial charge in [0.15, 0.2) is 0 Å². The Labute approximate surface area is 98.9 Å². The number of aliphatic carboxylic acids is 1. The topological polar surface area (TPSA) is 75.1 Å². The van der Waals surface area contributed by atoms with Gasteiger partial charge >= 0.3 is 5.97 Å². The van der Waals surface area contributed by atoms with E-state index in [0.717, 1.165) is 5.01 Å². The van der Waals surface area contributed by atoms with E-state index < -0.39 is 5.97 Å². The highest BCUT2D eigenvalue weighted by Crippen LogP contribution is 2.17. The first-order valence-corrected chi connectivity index (χ1v) is 6.07. The maximum Gasteiger partial charge on any atom is 0.308 e. The fourth-order valence-corrected chi connectivity index (χ4v) is 2.02. The van der Waals surface area contributed by atoms with Crippen LogP contribution in [0.2, 0.25) is 0 Å². The van der Waals surface area contributed by atoms with Crippen molar-refractivity contribution in [3.05, 3.63) is 5.01 Å². The lowest BCUT2D eigenvalue weighted by atomic mass is 9.97. The third kappa shape index (κ3) is 4.14. The van der Waals surface area contributed by atoms with Gasteiger partial charge in [-0.3, -0.25) is 4.79 Å². The molecule has 1 atom stereocenters. The normalized spacial score (nSPS) is 12.8. The van der Waals surface area contributed by atoms with Crippen LogP contribution in [0.5, 0.6) is 0 Å². The molecule has 0 bridgehead atoms. The molecule has 1 aromatic heterocycles. The zero-order chi connectivity index (χ0) is 12.1. The van der Waals surface area contributed by atoms with E-state index in [1.54, 1.807) is 0 Å². The van der Waals surface area contributed by atoms with Gasteiger partial charge in [-0.2, -0.15) is 0 Å². The van der Waals surface area contributed by atoms with Gasteiger partial charge in [0.05, 0.1) is 5.92 Å². The van der Waals surface area contributed by atoms with Crippen LogP contribution in [0.3, 0.4) is 0 Å². The first-order valence-electron chi connectivity index (χ1n) is 5.25. The summed E-state index contributed by atoms with van der Waals surface area (Å²) < 4.78 is 0. The number of hydrogen-bond donors (Lipinski definition) is 2. The average Bonchev–Trinajstić information content (AvgIpc) is 2.58. The standard InChI is InChI=1S/C10H17N3O2S/c1-6(2)4-8(9(14)15)5-11-10-13-12-7(3)16-10/h6,8H,4-5H2,1-3H3,(H,11,13)(H,14,15). The quantitative estimate of drug-likeness (QED) is 0.799. The van der Waals surface area contributed by atoms with E-state index in [-0.39, 0.29) is 5.92 Å². The Morgan fingerprint density at radius 2 is 2.19 bits per heavy atom. The molecule has 1 unspecified atom stereocenters. The van der Waals surface area contributed by atoms with Crippen LogP contribution in [0.25, 0.3) is 0 Å². The molecular weight excluding hydrogens is 226 g/mol. The molecule has 0 aliphatic heterocycles. The van der Waals surface area contributed by atoms with Crippen LogP contribution in [0.1, 0.15) is 25.3 Å². The molecule has 0 aliphatic carbocycles. The fraction of sp³-hybridized carbons (Fsp3) is 0.700. The molecule has 0 radical (unpaired) electrons. The lowest BCUT2D eigenvalue weighted by Gasteiger charge is -2.14. The minimum Gasteiger partial charge on any atom is -0.481 e. The monoisotopic (exact) mass is 243 g/mol. The summed E-state index contributed by atoms with van der Waals surface area (Å²) in [4.78, 5) is 11.0. The number of carboxylic acids is 1. The average molecular weight is 243 g/mol. The molecule has 16 heavy (non-hydrogen) atoms. The molecule has 2 N–H and O–H groups in total. The smallest absolute Gasteiger partial charge is 0.308 e. The zero-order valence-corrected chi connectivity index (χ0v) is 10.5. The predicted molar refractivity (Wildman–Crippen MR) is 63.7 cm³/mol. The van der Waals surface area contributed by atoms with Crippen molar-refractivity contribution in [3.63, 3.8) is 0 Å². The van der Waals surface area contributed by atoms with Gasteiger partial charge in [-0.25, -0.2) is 0 Å². The highest BCUT2D eigenvalue weighted by molar-refractivity contribution is 7.15. The van der Waals surface area contributed by atoms with Crippen LogP contribution in [0.15, 0.2) is 0 Å². The van der Waals surface area contributed by atoms with E-state index in [9.17, 15) is 4.79 Å². The molecule has 1 aromatic rings. The molecular formula is C10H17N3O2S. The highest BCUT2D eigenvalue weighted by atomic mass is 32.1. The minimum absolute atomic E-state index is 0.371. The molecule has 0 saturated heterocycles. The number of aryl methyl sites for hydroxylation is 1. The summed E-state index contributed by atoms with van der Waals surface area (Å²) in [5, 5.41) is 21.4. The van der Waals surface area contributed by atoms with E-state index in [0.29, 0.717) is 24.0 Å². The number of nitrogens with zero attached hydrogens (tertiary/aromatic N) is 2. The molecule has 6 heteroatoms. The second kappa shape index (κ2) is 5.79. The molecule has 0 aliphatic rings. The number of aromatic nitrogens is 2. The molecule has 5 nitrogen and oxygen atoms in total. The lowest BCUT2D eigenvalue weighted by Crippen LogP contribution is -2.24. The van der Waals surface area contributed by atoms with Gasteiger partial charge in [0.25, 0.3) is 0 Å². The van der Waals surface area contributed by atoms with Gasteiger partial charge < -0.3 is 10.4 Å². The Hall–Kier alpha value is -1.17. The largest absolute Gasteiger partial charge is 0.481 e. The molecule has 0 amide bonds. The van der Waals surface area contributed by atoms with Gasteiger partial charge in [0.2, 0.25) is 5.13 Å². The summed E-state index contributed by atoms with van der Waals surface area (Å²) in [6.45, 7) is 6.31. The van der Waals surface area contributed by atoms with Crippen molar-refractivity contribution < 1.29 is 9.90 Å². The van der Waals surface area contributed by atoms with Crippen LogP contribution in [0, 0.1) is 18.8 Å². The Morgan fingerprint density at radius 1 is 1.50 bits per heavy atom. The van der Waals surface area contributed by atoms with E-state index in [2.05, 4.69) is 15.5 Å². The minimum atomic E-state index is -0.762. The van der Waals surface area contributed by atoms with Crippen LogP contribution in [-0.2, 0) is 4.79 Å². The van der Waals surface area contributed by atoms with E-state index in [4.69, 9.17) is 5.11 Å². The second-order valence-electron chi connectivity index (χ2n) is 4.17.